The summed E-state index contributed by atoms with van der Waals surface area (Å²) < 4.78 is 5.33. The molecule has 2 atom stereocenters. The smallest absolute Gasteiger partial charge is 0.0577 e. The summed E-state index contributed by atoms with van der Waals surface area (Å²) in [5.74, 6) is 0.716. The Balaban J connectivity index is 2.39. The van der Waals surface area contributed by atoms with Crippen LogP contribution in [-0.4, -0.2) is 13.2 Å². The quantitative estimate of drug-likeness (QED) is 0.556. The molecule has 0 aromatic heterocycles. The Bertz CT molecular complexity index is 140. The number of methoxy groups -OCH3 is 1. The van der Waals surface area contributed by atoms with E-state index in [1.165, 1.54) is 31.3 Å². The Hall–Kier alpha value is -0.300. The van der Waals surface area contributed by atoms with Gasteiger partial charge in [-0.25, -0.2) is 0 Å². The highest BCUT2D eigenvalue weighted by atomic mass is 16.5. The highest BCUT2D eigenvalue weighted by molar-refractivity contribution is 4.98. The summed E-state index contributed by atoms with van der Waals surface area (Å²) in [7, 11) is 1.81. The fourth-order valence-corrected chi connectivity index (χ4v) is 1.81. The van der Waals surface area contributed by atoms with Crippen LogP contribution in [-0.2, 0) is 4.74 Å². The van der Waals surface area contributed by atoms with E-state index in [0.29, 0.717) is 12.0 Å². The van der Waals surface area contributed by atoms with Crippen molar-refractivity contribution in [2.45, 2.75) is 38.7 Å². The molecule has 1 saturated carbocycles. The predicted octanol–water partition coefficient (Wildman–Crippen LogP) is 2.77. The Morgan fingerprint density at radius 3 is 2.73 bits per heavy atom. The van der Waals surface area contributed by atoms with Crippen molar-refractivity contribution in [3.63, 3.8) is 0 Å². The minimum Gasteiger partial charge on any atom is -0.381 e. The molecule has 0 aromatic rings. The van der Waals surface area contributed by atoms with E-state index in [9.17, 15) is 0 Å². The molecule has 1 nitrogen and oxygen atoms in total. The fraction of sp³-hybridized carbons (Fsp3) is 0.800. The van der Waals surface area contributed by atoms with Gasteiger partial charge in [-0.1, -0.05) is 18.6 Å². The maximum Gasteiger partial charge on any atom is 0.0577 e. The van der Waals surface area contributed by atoms with Crippen molar-refractivity contribution in [3.05, 3.63) is 12.2 Å². The molecule has 1 rings (SSSR count). The first kappa shape index (κ1) is 8.79. The lowest BCUT2D eigenvalue weighted by Crippen LogP contribution is -2.21. The zero-order valence-corrected chi connectivity index (χ0v) is 7.60. The maximum atomic E-state index is 5.33. The van der Waals surface area contributed by atoms with Crippen molar-refractivity contribution < 1.29 is 4.74 Å². The van der Waals surface area contributed by atoms with Crippen molar-refractivity contribution in [2.24, 2.45) is 5.92 Å². The van der Waals surface area contributed by atoms with Gasteiger partial charge >= 0.3 is 0 Å². The zero-order valence-electron chi connectivity index (χ0n) is 7.60. The molecule has 0 aromatic carbocycles. The van der Waals surface area contributed by atoms with Crippen LogP contribution in [0.4, 0.5) is 0 Å². The first-order valence-electron chi connectivity index (χ1n) is 4.42. The standard InChI is InChI=1S/C10H18O/c1-8(2)9-5-4-6-10(7-9)11-3/h9-10H,1,4-7H2,2-3H3/t9-,10+/m0/s1. The molecule has 64 valence electrons. The highest BCUT2D eigenvalue weighted by Crippen LogP contribution is 2.29. The van der Waals surface area contributed by atoms with Gasteiger partial charge in [0, 0.05) is 7.11 Å². The van der Waals surface area contributed by atoms with Gasteiger partial charge in [0.1, 0.15) is 0 Å². The van der Waals surface area contributed by atoms with Crippen molar-refractivity contribution in [3.8, 4) is 0 Å². The van der Waals surface area contributed by atoms with E-state index in [1.54, 1.807) is 0 Å². The number of ether oxygens (including phenoxy) is 1. The lowest BCUT2D eigenvalue weighted by Gasteiger charge is -2.28. The van der Waals surface area contributed by atoms with Gasteiger partial charge in [0.25, 0.3) is 0 Å². The third-order valence-corrected chi connectivity index (χ3v) is 2.66. The molecule has 1 fully saturated rings. The minimum atomic E-state index is 0.491. The predicted molar refractivity (Wildman–Crippen MR) is 47.6 cm³/mol. The van der Waals surface area contributed by atoms with Crippen LogP contribution in [0.3, 0.4) is 0 Å². The van der Waals surface area contributed by atoms with Crippen molar-refractivity contribution in [2.75, 3.05) is 7.11 Å². The van der Waals surface area contributed by atoms with E-state index >= 15 is 0 Å². The average molecular weight is 154 g/mol. The molecule has 0 heterocycles. The maximum absolute atomic E-state index is 5.33. The van der Waals surface area contributed by atoms with E-state index < -0.39 is 0 Å². The largest absolute Gasteiger partial charge is 0.381 e. The average Bonchev–Trinajstić information content (AvgIpc) is 2.05. The van der Waals surface area contributed by atoms with Gasteiger partial charge in [0.05, 0.1) is 6.10 Å². The summed E-state index contributed by atoms with van der Waals surface area (Å²) >= 11 is 0. The van der Waals surface area contributed by atoms with Crippen LogP contribution in [0.15, 0.2) is 12.2 Å². The highest BCUT2D eigenvalue weighted by Gasteiger charge is 2.21. The zero-order chi connectivity index (χ0) is 8.27. The molecule has 0 radical (unpaired) electrons. The molecular formula is C10H18O. The van der Waals surface area contributed by atoms with Gasteiger partial charge in [-0.3, -0.25) is 0 Å². The lowest BCUT2D eigenvalue weighted by atomic mass is 9.83. The second-order valence-corrected chi connectivity index (χ2v) is 3.57. The third-order valence-electron chi connectivity index (χ3n) is 2.66. The van der Waals surface area contributed by atoms with Crippen LogP contribution in [0, 0.1) is 5.92 Å². The summed E-state index contributed by atoms with van der Waals surface area (Å²) in [4.78, 5) is 0. The first-order valence-corrected chi connectivity index (χ1v) is 4.42. The molecule has 1 aliphatic rings. The van der Waals surface area contributed by atoms with Crippen LogP contribution < -0.4 is 0 Å². The number of allylic oxidation sites excluding steroid dienone is 1. The summed E-state index contributed by atoms with van der Waals surface area (Å²) in [6, 6.07) is 0. The Morgan fingerprint density at radius 1 is 1.45 bits per heavy atom. The van der Waals surface area contributed by atoms with Crippen LogP contribution in [0.5, 0.6) is 0 Å². The summed E-state index contributed by atoms with van der Waals surface area (Å²) in [5.41, 5.74) is 1.33. The van der Waals surface area contributed by atoms with Gasteiger partial charge in [-0.15, -0.1) is 0 Å². The van der Waals surface area contributed by atoms with Crippen LogP contribution in [0.25, 0.3) is 0 Å². The van der Waals surface area contributed by atoms with E-state index in [1.807, 2.05) is 7.11 Å². The second kappa shape index (κ2) is 3.91. The molecule has 11 heavy (non-hydrogen) atoms. The fourth-order valence-electron chi connectivity index (χ4n) is 1.81. The van der Waals surface area contributed by atoms with Gasteiger partial charge in [-0.05, 0) is 32.1 Å². The summed E-state index contributed by atoms with van der Waals surface area (Å²) in [6.07, 6.45) is 5.53. The first-order chi connectivity index (χ1) is 5.24. The van der Waals surface area contributed by atoms with Gasteiger partial charge in [-0.2, -0.15) is 0 Å². The molecule has 0 amide bonds. The van der Waals surface area contributed by atoms with E-state index in [4.69, 9.17) is 4.74 Å². The second-order valence-electron chi connectivity index (χ2n) is 3.57. The van der Waals surface area contributed by atoms with Gasteiger partial charge in [0.2, 0.25) is 0 Å². The number of hydrogen-bond donors (Lipinski definition) is 0. The molecule has 0 spiro atoms. The molecule has 0 aliphatic heterocycles. The van der Waals surface area contributed by atoms with Crippen molar-refractivity contribution in [1.82, 2.24) is 0 Å². The molecule has 0 N–H and O–H groups in total. The van der Waals surface area contributed by atoms with Crippen LogP contribution in [0.1, 0.15) is 32.6 Å². The van der Waals surface area contributed by atoms with Crippen LogP contribution >= 0.6 is 0 Å². The molecule has 1 heteroatoms. The van der Waals surface area contributed by atoms with Crippen molar-refractivity contribution >= 4 is 0 Å². The van der Waals surface area contributed by atoms with Crippen molar-refractivity contribution in [1.29, 1.82) is 0 Å². The molecule has 1 aliphatic carbocycles. The summed E-state index contributed by atoms with van der Waals surface area (Å²) in [5, 5.41) is 0. The normalized spacial score (nSPS) is 31.8. The molecular weight excluding hydrogens is 136 g/mol. The molecule has 0 saturated heterocycles. The topological polar surface area (TPSA) is 9.23 Å². The minimum absolute atomic E-state index is 0.491. The third kappa shape index (κ3) is 2.33. The lowest BCUT2D eigenvalue weighted by molar-refractivity contribution is 0.0572. The Labute approximate surface area is 69.4 Å². The monoisotopic (exact) mass is 154 g/mol. The van der Waals surface area contributed by atoms with E-state index in [2.05, 4.69) is 13.5 Å². The number of hydrogen-bond acceptors (Lipinski definition) is 1. The SMILES string of the molecule is C=C(C)[C@H]1CCC[C@@H](OC)C1. The van der Waals surface area contributed by atoms with E-state index in [-0.39, 0.29) is 0 Å². The van der Waals surface area contributed by atoms with E-state index in [0.717, 1.165) is 0 Å². The van der Waals surface area contributed by atoms with Crippen LogP contribution in [0.2, 0.25) is 0 Å². The number of rotatable bonds is 2. The molecule has 0 unspecified atom stereocenters. The Kier molecular flexibility index (Phi) is 3.13. The van der Waals surface area contributed by atoms with Gasteiger partial charge in [0.15, 0.2) is 0 Å². The summed E-state index contributed by atoms with van der Waals surface area (Å²) in [6.45, 7) is 6.12. The Morgan fingerprint density at radius 2 is 2.18 bits per heavy atom. The molecule has 0 bridgehead atoms. The van der Waals surface area contributed by atoms with Gasteiger partial charge < -0.3 is 4.74 Å².